The zero-order chi connectivity index (χ0) is 15.9. The molecule has 0 aromatic heterocycles. The second-order valence-corrected chi connectivity index (χ2v) is 7.83. The lowest BCUT2D eigenvalue weighted by molar-refractivity contribution is -0.115. The summed E-state index contributed by atoms with van der Waals surface area (Å²) in [4.78, 5) is 27.3. The van der Waals surface area contributed by atoms with Crippen LogP contribution in [0.25, 0.3) is 0 Å². The van der Waals surface area contributed by atoms with Crippen LogP contribution in [0.2, 0.25) is 0 Å². The molecule has 0 radical (unpaired) electrons. The number of nitrogens with zero attached hydrogens (tertiary/aromatic N) is 1. The summed E-state index contributed by atoms with van der Waals surface area (Å²) >= 11 is 1.52. The first kappa shape index (κ1) is 18.1. The van der Waals surface area contributed by atoms with Crippen LogP contribution in [0.4, 0.5) is 5.69 Å². The van der Waals surface area contributed by atoms with E-state index in [0.717, 1.165) is 23.5 Å². The Labute approximate surface area is 146 Å². The standard InChI is InChI=1S/C16H21N3O2S.ClH/c1-10-14(20)18-12-7-11(3-4-13(12)22-10)15(21)19-6-5-16(2,8-17)9-19;/h3-4,7,10H,5-6,8-9,17H2,1-2H3,(H,18,20);1H. The van der Waals surface area contributed by atoms with Crippen molar-refractivity contribution in [3.63, 3.8) is 0 Å². The fraction of sp³-hybridized carbons (Fsp3) is 0.500. The van der Waals surface area contributed by atoms with E-state index in [9.17, 15) is 9.59 Å². The lowest BCUT2D eigenvalue weighted by Crippen LogP contribution is -2.34. The third kappa shape index (κ3) is 3.49. The summed E-state index contributed by atoms with van der Waals surface area (Å²) < 4.78 is 0. The molecule has 23 heavy (non-hydrogen) atoms. The molecular formula is C16H22ClN3O2S. The number of nitrogens with two attached hydrogens (primary N) is 1. The van der Waals surface area contributed by atoms with Gasteiger partial charge in [0.25, 0.3) is 5.91 Å². The van der Waals surface area contributed by atoms with Gasteiger partial charge in [-0.1, -0.05) is 6.92 Å². The van der Waals surface area contributed by atoms with Crippen LogP contribution in [0, 0.1) is 5.41 Å². The molecule has 2 atom stereocenters. The van der Waals surface area contributed by atoms with Crippen molar-refractivity contribution < 1.29 is 9.59 Å². The highest BCUT2D eigenvalue weighted by Crippen LogP contribution is 2.36. The molecular weight excluding hydrogens is 334 g/mol. The number of hydrogen-bond acceptors (Lipinski definition) is 4. The van der Waals surface area contributed by atoms with Crippen LogP contribution in [0.3, 0.4) is 0 Å². The van der Waals surface area contributed by atoms with E-state index in [0.29, 0.717) is 18.7 Å². The number of benzene rings is 1. The number of likely N-dealkylation sites (tertiary alicyclic amines) is 1. The normalized spacial score (nSPS) is 26.3. The van der Waals surface area contributed by atoms with E-state index in [4.69, 9.17) is 5.73 Å². The molecule has 2 unspecified atom stereocenters. The molecule has 2 aliphatic heterocycles. The van der Waals surface area contributed by atoms with Crippen molar-refractivity contribution in [1.82, 2.24) is 4.90 Å². The summed E-state index contributed by atoms with van der Waals surface area (Å²) in [6, 6.07) is 5.55. The van der Waals surface area contributed by atoms with E-state index in [-0.39, 0.29) is 34.9 Å². The zero-order valence-corrected chi connectivity index (χ0v) is 14.9. The molecule has 5 nitrogen and oxygen atoms in total. The molecule has 3 rings (SSSR count). The molecule has 2 heterocycles. The van der Waals surface area contributed by atoms with Gasteiger partial charge in [0.2, 0.25) is 5.91 Å². The molecule has 3 N–H and O–H groups in total. The maximum atomic E-state index is 12.6. The molecule has 2 amide bonds. The summed E-state index contributed by atoms with van der Waals surface area (Å²) in [5.41, 5.74) is 7.17. The Hall–Kier alpha value is -1.24. The van der Waals surface area contributed by atoms with Crippen molar-refractivity contribution in [1.29, 1.82) is 0 Å². The number of nitrogens with one attached hydrogen (secondary N) is 1. The Morgan fingerprint density at radius 3 is 2.91 bits per heavy atom. The van der Waals surface area contributed by atoms with Gasteiger partial charge in [-0.2, -0.15) is 0 Å². The number of thioether (sulfide) groups is 1. The van der Waals surface area contributed by atoms with Crippen molar-refractivity contribution in [2.45, 2.75) is 30.4 Å². The van der Waals surface area contributed by atoms with E-state index >= 15 is 0 Å². The van der Waals surface area contributed by atoms with Crippen molar-refractivity contribution in [2.24, 2.45) is 11.1 Å². The van der Waals surface area contributed by atoms with E-state index in [1.807, 2.05) is 24.0 Å². The number of carbonyl (C=O) groups excluding carboxylic acids is 2. The van der Waals surface area contributed by atoms with Crippen LogP contribution in [0.1, 0.15) is 30.6 Å². The van der Waals surface area contributed by atoms with Crippen LogP contribution in [-0.2, 0) is 4.79 Å². The second-order valence-electron chi connectivity index (χ2n) is 6.45. The summed E-state index contributed by atoms with van der Waals surface area (Å²) in [6.45, 7) is 6.01. The lowest BCUT2D eigenvalue weighted by atomic mass is 9.90. The maximum absolute atomic E-state index is 12.6. The monoisotopic (exact) mass is 355 g/mol. The first-order chi connectivity index (χ1) is 10.4. The van der Waals surface area contributed by atoms with Gasteiger partial charge in [-0.15, -0.1) is 24.2 Å². The van der Waals surface area contributed by atoms with Crippen molar-refractivity contribution in [3.05, 3.63) is 23.8 Å². The van der Waals surface area contributed by atoms with E-state index < -0.39 is 0 Å². The van der Waals surface area contributed by atoms with Gasteiger partial charge in [0.05, 0.1) is 10.9 Å². The molecule has 126 valence electrons. The molecule has 7 heteroatoms. The van der Waals surface area contributed by atoms with Gasteiger partial charge in [-0.25, -0.2) is 0 Å². The minimum absolute atomic E-state index is 0. The predicted octanol–water partition coefficient (Wildman–Crippen LogP) is 2.35. The third-order valence-corrected chi connectivity index (χ3v) is 5.67. The smallest absolute Gasteiger partial charge is 0.253 e. The first-order valence-corrected chi connectivity index (χ1v) is 8.41. The largest absolute Gasteiger partial charge is 0.338 e. The van der Waals surface area contributed by atoms with Crippen molar-refractivity contribution in [3.8, 4) is 0 Å². The number of fused-ring (bicyclic) bond motifs is 1. The van der Waals surface area contributed by atoms with Crippen molar-refractivity contribution in [2.75, 3.05) is 25.0 Å². The summed E-state index contributed by atoms with van der Waals surface area (Å²) in [5.74, 6) is -0.00294. The van der Waals surface area contributed by atoms with E-state index in [2.05, 4.69) is 12.2 Å². The van der Waals surface area contributed by atoms with Gasteiger partial charge >= 0.3 is 0 Å². The molecule has 0 spiro atoms. The molecule has 1 saturated heterocycles. The molecule has 0 bridgehead atoms. The minimum Gasteiger partial charge on any atom is -0.338 e. The predicted molar refractivity (Wildman–Crippen MR) is 95.3 cm³/mol. The molecule has 0 aliphatic carbocycles. The third-order valence-electron chi connectivity index (χ3n) is 4.50. The quantitative estimate of drug-likeness (QED) is 0.853. The molecule has 0 saturated carbocycles. The maximum Gasteiger partial charge on any atom is 0.253 e. The van der Waals surface area contributed by atoms with Gasteiger partial charge in [-0.05, 0) is 43.5 Å². The number of halogens is 1. The van der Waals surface area contributed by atoms with Gasteiger partial charge in [0.15, 0.2) is 0 Å². The van der Waals surface area contributed by atoms with Crippen LogP contribution < -0.4 is 11.1 Å². The first-order valence-electron chi connectivity index (χ1n) is 7.53. The Balaban J connectivity index is 0.00000192. The van der Waals surface area contributed by atoms with Gasteiger partial charge in [-0.3, -0.25) is 9.59 Å². The van der Waals surface area contributed by atoms with Crippen LogP contribution in [0.15, 0.2) is 23.1 Å². The van der Waals surface area contributed by atoms with Crippen LogP contribution in [0.5, 0.6) is 0 Å². The van der Waals surface area contributed by atoms with E-state index in [1.54, 1.807) is 6.07 Å². The number of anilines is 1. The van der Waals surface area contributed by atoms with Crippen molar-refractivity contribution >= 4 is 41.7 Å². The van der Waals surface area contributed by atoms with Crippen LogP contribution in [-0.4, -0.2) is 41.6 Å². The second kappa shape index (κ2) is 6.71. The van der Waals surface area contributed by atoms with Gasteiger partial charge in [0, 0.05) is 23.5 Å². The lowest BCUT2D eigenvalue weighted by Gasteiger charge is -2.24. The molecule has 1 aromatic carbocycles. The fourth-order valence-electron chi connectivity index (χ4n) is 2.89. The topological polar surface area (TPSA) is 75.4 Å². The number of hydrogen-bond donors (Lipinski definition) is 2. The SMILES string of the molecule is CC1Sc2ccc(C(=O)N3CCC(C)(CN)C3)cc2NC1=O.Cl. The van der Waals surface area contributed by atoms with Gasteiger partial charge in [0.1, 0.15) is 0 Å². The average molecular weight is 356 g/mol. The minimum atomic E-state index is -0.0992. The zero-order valence-electron chi connectivity index (χ0n) is 13.3. The molecule has 1 aromatic rings. The Kier molecular flexibility index (Phi) is 5.28. The highest BCUT2D eigenvalue weighted by Gasteiger charge is 2.35. The fourth-order valence-corrected chi connectivity index (χ4v) is 3.82. The summed E-state index contributed by atoms with van der Waals surface area (Å²) in [5, 5.41) is 2.77. The van der Waals surface area contributed by atoms with E-state index in [1.165, 1.54) is 11.8 Å². The average Bonchev–Trinajstić information content (AvgIpc) is 2.90. The number of amides is 2. The Morgan fingerprint density at radius 1 is 1.52 bits per heavy atom. The molecule has 2 aliphatic rings. The van der Waals surface area contributed by atoms with Gasteiger partial charge < -0.3 is 16.0 Å². The Bertz CT molecular complexity index is 640. The Morgan fingerprint density at radius 2 is 2.26 bits per heavy atom. The highest BCUT2D eigenvalue weighted by atomic mass is 35.5. The highest BCUT2D eigenvalue weighted by molar-refractivity contribution is 8.00. The summed E-state index contributed by atoms with van der Waals surface area (Å²) in [6.07, 6.45) is 0.935. The number of rotatable bonds is 2. The number of carbonyl (C=O) groups is 2. The molecule has 1 fully saturated rings. The summed E-state index contributed by atoms with van der Waals surface area (Å²) in [7, 11) is 0. The van der Waals surface area contributed by atoms with Crippen LogP contribution >= 0.6 is 24.2 Å².